The quantitative estimate of drug-likeness (QED) is 0.831. The molecule has 0 unspecified atom stereocenters. The van der Waals surface area contributed by atoms with E-state index in [-0.39, 0.29) is 5.95 Å². The average Bonchev–Trinajstić information content (AvgIpc) is 2.29. The minimum Gasteiger partial charge on any atom is -0.481 e. The highest BCUT2D eigenvalue weighted by Crippen LogP contribution is 2.21. The molecule has 1 saturated heterocycles. The maximum atomic E-state index is 5.59. The lowest BCUT2D eigenvalue weighted by Crippen LogP contribution is -2.25. The second kappa shape index (κ2) is 5.25. The van der Waals surface area contributed by atoms with Gasteiger partial charge in [0.05, 0.1) is 7.11 Å². The molecule has 0 bridgehead atoms. The third-order valence-corrected chi connectivity index (χ3v) is 3.55. The van der Waals surface area contributed by atoms with Gasteiger partial charge in [-0.25, -0.2) is 0 Å². The first kappa shape index (κ1) is 11.3. The summed E-state index contributed by atoms with van der Waals surface area (Å²) in [5, 5.41) is 3.37. The summed E-state index contributed by atoms with van der Waals surface area (Å²) in [6, 6.07) is 2.26. The first-order valence-corrected chi connectivity index (χ1v) is 6.46. The Kier molecular flexibility index (Phi) is 3.71. The van der Waals surface area contributed by atoms with Gasteiger partial charge in [0.1, 0.15) is 5.82 Å². The van der Waals surface area contributed by atoms with Crippen LogP contribution in [0.2, 0.25) is 0 Å². The maximum absolute atomic E-state index is 5.59. The van der Waals surface area contributed by atoms with Crippen LogP contribution in [0, 0.1) is 0 Å². The van der Waals surface area contributed by atoms with Crippen molar-refractivity contribution < 1.29 is 4.74 Å². The summed E-state index contributed by atoms with van der Waals surface area (Å²) in [5.41, 5.74) is 5.59. The van der Waals surface area contributed by atoms with E-state index in [4.69, 9.17) is 10.5 Å². The highest BCUT2D eigenvalue weighted by Gasteiger charge is 2.14. The zero-order valence-corrected chi connectivity index (χ0v) is 10.1. The molecule has 3 N–H and O–H groups in total. The van der Waals surface area contributed by atoms with E-state index in [1.54, 1.807) is 13.2 Å². The van der Waals surface area contributed by atoms with Crippen LogP contribution in [0.5, 0.6) is 5.88 Å². The number of nitrogens with two attached hydrogens (primary N) is 1. The molecule has 6 heteroatoms. The normalized spacial score (nSPS) is 17.1. The van der Waals surface area contributed by atoms with Crippen molar-refractivity contribution in [3.8, 4) is 5.88 Å². The second-order valence-electron chi connectivity index (χ2n) is 3.68. The van der Waals surface area contributed by atoms with Crippen molar-refractivity contribution in [1.82, 2.24) is 9.97 Å². The molecule has 1 aliphatic heterocycles. The smallest absolute Gasteiger partial charge is 0.225 e. The molecule has 5 nitrogen and oxygen atoms in total. The van der Waals surface area contributed by atoms with E-state index in [9.17, 15) is 0 Å². The van der Waals surface area contributed by atoms with Crippen LogP contribution in [0.1, 0.15) is 12.8 Å². The first-order valence-electron chi connectivity index (χ1n) is 5.31. The van der Waals surface area contributed by atoms with Gasteiger partial charge in [-0.1, -0.05) is 0 Å². The molecule has 0 amide bonds. The Hall–Kier alpha value is -1.17. The van der Waals surface area contributed by atoms with E-state index in [2.05, 4.69) is 15.3 Å². The number of rotatable bonds is 3. The van der Waals surface area contributed by atoms with Crippen LogP contribution in [-0.4, -0.2) is 34.6 Å². The number of thioether (sulfide) groups is 1. The van der Waals surface area contributed by atoms with Gasteiger partial charge in [0.15, 0.2) is 0 Å². The summed E-state index contributed by atoms with van der Waals surface area (Å²) < 4.78 is 5.05. The van der Waals surface area contributed by atoms with Gasteiger partial charge in [-0.2, -0.15) is 21.7 Å². The highest BCUT2D eigenvalue weighted by molar-refractivity contribution is 7.99. The zero-order chi connectivity index (χ0) is 11.4. The molecule has 2 heterocycles. The second-order valence-corrected chi connectivity index (χ2v) is 4.91. The third-order valence-electron chi connectivity index (χ3n) is 2.50. The van der Waals surface area contributed by atoms with Crippen LogP contribution >= 0.6 is 11.8 Å². The molecule has 0 saturated carbocycles. The van der Waals surface area contributed by atoms with E-state index in [0.29, 0.717) is 11.9 Å². The molecule has 88 valence electrons. The van der Waals surface area contributed by atoms with E-state index >= 15 is 0 Å². The molecule has 1 aromatic rings. The number of hydrogen-bond donors (Lipinski definition) is 2. The number of nitrogen functional groups attached to an aromatic ring is 1. The third kappa shape index (κ3) is 2.91. The molecule has 2 rings (SSSR count). The Morgan fingerprint density at radius 3 is 2.88 bits per heavy atom. The fourth-order valence-electron chi connectivity index (χ4n) is 1.67. The summed E-state index contributed by atoms with van der Waals surface area (Å²) in [7, 11) is 1.57. The SMILES string of the molecule is COc1cc(NC2CCSCC2)nc(N)n1. The number of aromatic nitrogens is 2. The molecule has 1 aliphatic rings. The molecule has 0 aromatic carbocycles. The van der Waals surface area contributed by atoms with E-state index in [1.165, 1.54) is 11.5 Å². The Morgan fingerprint density at radius 1 is 1.44 bits per heavy atom. The fraction of sp³-hybridized carbons (Fsp3) is 0.600. The zero-order valence-electron chi connectivity index (χ0n) is 9.27. The molecule has 0 radical (unpaired) electrons. The van der Waals surface area contributed by atoms with Gasteiger partial charge in [0.2, 0.25) is 11.8 Å². The molecular formula is C10H16N4OS. The number of nitrogens with one attached hydrogen (secondary N) is 1. The number of hydrogen-bond acceptors (Lipinski definition) is 6. The molecule has 0 spiro atoms. The van der Waals surface area contributed by atoms with Crippen LogP contribution in [0.25, 0.3) is 0 Å². The number of nitrogens with zero attached hydrogens (tertiary/aromatic N) is 2. The van der Waals surface area contributed by atoms with Gasteiger partial charge in [0.25, 0.3) is 0 Å². The molecule has 1 aromatic heterocycles. The summed E-state index contributed by atoms with van der Waals surface area (Å²) in [4.78, 5) is 8.09. The topological polar surface area (TPSA) is 73.1 Å². The molecule has 0 atom stereocenters. The summed E-state index contributed by atoms with van der Waals surface area (Å²) in [5.74, 6) is 3.90. The van der Waals surface area contributed by atoms with Crippen LogP contribution in [0.3, 0.4) is 0 Å². The summed E-state index contributed by atoms with van der Waals surface area (Å²) in [6.07, 6.45) is 2.33. The van der Waals surface area contributed by atoms with Gasteiger partial charge >= 0.3 is 0 Å². The molecule has 0 aliphatic carbocycles. The highest BCUT2D eigenvalue weighted by atomic mass is 32.2. The van der Waals surface area contributed by atoms with Crippen molar-refractivity contribution in [3.05, 3.63) is 6.07 Å². The van der Waals surface area contributed by atoms with Crippen LogP contribution < -0.4 is 15.8 Å². The summed E-state index contributed by atoms with van der Waals surface area (Å²) in [6.45, 7) is 0. The summed E-state index contributed by atoms with van der Waals surface area (Å²) >= 11 is 2.00. The van der Waals surface area contributed by atoms with Crippen LogP contribution in [0.4, 0.5) is 11.8 Å². The van der Waals surface area contributed by atoms with E-state index in [1.807, 2.05) is 11.8 Å². The monoisotopic (exact) mass is 240 g/mol. The van der Waals surface area contributed by atoms with E-state index < -0.39 is 0 Å². The molecular weight excluding hydrogens is 224 g/mol. The van der Waals surface area contributed by atoms with Gasteiger partial charge in [-0.05, 0) is 24.3 Å². The maximum Gasteiger partial charge on any atom is 0.225 e. The first-order chi connectivity index (χ1) is 7.78. The molecule has 16 heavy (non-hydrogen) atoms. The predicted octanol–water partition coefficient (Wildman–Crippen LogP) is 1.37. The minimum absolute atomic E-state index is 0.243. The number of ether oxygens (including phenoxy) is 1. The lowest BCUT2D eigenvalue weighted by atomic mass is 10.1. The van der Waals surface area contributed by atoms with Crippen LogP contribution in [0.15, 0.2) is 6.07 Å². The fourth-order valence-corrected chi connectivity index (χ4v) is 2.78. The van der Waals surface area contributed by atoms with Crippen molar-refractivity contribution in [2.75, 3.05) is 29.7 Å². The Morgan fingerprint density at radius 2 is 2.19 bits per heavy atom. The van der Waals surface area contributed by atoms with Crippen molar-refractivity contribution in [3.63, 3.8) is 0 Å². The van der Waals surface area contributed by atoms with Gasteiger partial charge < -0.3 is 15.8 Å². The Bertz CT molecular complexity index is 355. The lowest BCUT2D eigenvalue weighted by Gasteiger charge is -2.23. The largest absolute Gasteiger partial charge is 0.481 e. The van der Waals surface area contributed by atoms with Crippen molar-refractivity contribution in [2.24, 2.45) is 0 Å². The number of anilines is 2. The van der Waals surface area contributed by atoms with Crippen molar-refractivity contribution in [1.29, 1.82) is 0 Å². The van der Waals surface area contributed by atoms with Gasteiger partial charge in [-0.3, -0.25) is 0 Å². The van der Waals surface area contributed by atoms with Gasteiger partial charge in [0, 0.05) is 12.1 Å². The van der Waals surface area contributed by atoms with Gasteiger partial charge in [-0.15, -0.1) is 0 Å². The minimum atomic E-state index is 0.243. The lowest BCUT2D eigenvalue weighted by molar-refractivity contribution is 0.398. The Labute approximate surface area is 99.2 Å². The van der Waals surface area contributed by atoms with E-state index in [0.717, 1.165) is 18.7 Å². The van der Waals surface area contributed by atoms with Crippen LogP contribution in [-0.2, 0) is 0 Å². The van der Waals surface area contributed by atoms with Crippen molar-refractivity contribution >= 4 is 23.5 Å². The van der Waals surface area contributed by atoms with Crippen molar-refractivity contribution in [2.45, 2.75) is 18.9 Å². The predicted molar refractivity (Wildman–Crippen MR) is 67.0 cm³/mol. The standard InChI is InChI=1S/C10H16N4OS/c1-15-9-6-8(13-10(11)14-9)12-7-2-4-16-5-3-7/h6-7H,2-5H2,1H3,(H3,11,12,13,14). The molecule has 1 fully saturated rings. The average molecular weight is 240 g/mol. The Balaban J connectivity index is 2.04. The number of methoxy groups -OCH3 is 1.